The molecule has 3 rings (SSSR count). The predicted molar refractivity (Wildman–Crippen MR) is 84.8 cm³/mol. The number of hydrogen-bond donors (Lipinski definition) is 1. The van der Waals surface area contributed by atoms with Gasteiger partial charge in [-0.1, -0.05) is 29.8 Å². The van der Waals surface area contributed by atoms with Gasteiger partial charge in [0.15, 0.2) is 5.13 Å². The van der Waals surface area contributed by atoms with Crippen molar-refractivity contribution in [1.82, 2.24) is 9.97 Å². The Kier molecular flexibility index (Phi) is 3.67. The lowest BCUT2D eigenvalue weighted by molar-refractivity contribution is 1.24. The van der Waals surface area contributed by atoms with Crippen LogP contribution >= 0.6 is 22.9 Å². The zero-order chi connectivity index (χ0) is 13.9. The zero-order valence-electron chi connectivity index (χ0n) is 10.8. The molecule has 100 valence electrons. The topological polar surface area (TPSA) is 37.8 Å². The Hall–Kier alpha value is -1.91. The van der Waals surface area contributed by atoms with Gasteiger partial charge < -0.3 is 5.32 Å². The highest BCUT2D eigenvalue weighted by atomic mass is 35.5. The van der Waals surface area contributed by atoms with E-state index in [9.17, 15) is 0 Å². The number of aryl methyl sites for hydroxylation is 1. The lowest BCUT2D eigenvalue weighted by Gasteiger charge is -2.04. The molecule has 0 spiro atoms. The first-order valence-corrected chi connectivity index (χ1v) is 7.38. The largest absolute Gasteiger partial charge is 0.316 e. The molecule has 3 nitrogen and oxygen atoms in total. The first-order chi connectivity index (χ1) is 9.72. The van der Waals surface area contributed by atoms with Crippen molar-refractivity contribution in [2.45, 2.75) is 6.92 Å². The molecule has 0 amide bonds. The minimum absolute atomic E-state index is 0.728. The van der Waals surface area contributed by atoms with Crippen molar-refractivity contribution in [1.29, 1.82) is 0 Å². The quantitative estimate of drug-likeness (QED) is 0.747. The van der Waals surface area contributed by atoms with Crippen molar-refractivity contribution in [2.75, 3.05) is 5.32 Å². The van der Waals surface area contributed by atoms with Crippen molar-refractivity contribution >= 4 is 33.9 Å². The molecule has 0 aliphatic carbocycles. The van der Waals surface area contributed by atoms with Gasteiger partial charge in [-0.05, 0) is 30.7 Å². The summed E-state index contributed by atoms with van der Waals surface area (Å²) in [5, 5.41) is 6.82. The van der Waals surface area contributed by atoms with E-state index in [1.807, 2.05) is 48.7 Å². The maximum absolute atomic E-state index is 5.89. The predicted octanol–water partition coefficient (Wildman–Crippen LogP) is 4.91. The van der Waals surface area contributed by atoms with Gasteiger partial charge in [0.25, 0.3) is 0 Å². The zero-order valence-corrected chi connectivity index (χ0v) is 12.4. The number of anilines is 2. The van der Waals surface area contributed by atoms with Crippen LogP contribution in [0.5, 0.6) is 0 Å². The van der Waals surface area contributed by atoms with Gasteiger partial charge in [0.1, 0.15) is 5.82 Å². The average Bonchev–Trinajstić information content (AvgIpc) is 2.91. The van der Waals surface area contributed by atoms with E-state index in [-0.39, 0.29) is 0 Å². The van der Waals surface area contributed by atoms with Crippen LogP contribution in [0, 0.1) is 6.92 Å². The van der Waals surface area contributed by atoms with Crippen molar-refractivity contribution in [2.24, 2.45) is 0 Å². The standard InChI is InChI=1S/C15H12ClN3S/c1-10-3-2-8-17-14(10)19-15-18-13(9-20-15)11-4-6-12(16)7-5-11/h2-9H,1H3,(H,17,18,19). The summed E-state index contributed by atoms with van der Waals surface area (Å²) in [6, 6.07) is 11.6. The third-order valence-corrected chi connectivity index (χ3v) is 3.89. The maximum atomic E-state index is 5.89. The molecule has 2 heterocycles. The van der Waals surface area contributed by atoms with Crippen molar-refractivity contribution in [3.8, 4) is 11.3 Å². The highest BCUT2D eigenvalue weighted by Gasteiger charge is 2.06. The van der Waals surface area contributed by atoms with Crippen LogP contribution in [-0.2, 0) is 0 Å². The summed E-state index contributed by atoms with van der Waals surface area (Å²) in [6.07, 6.45) is 1.77. The molecular weight excluding hydrogens is 290 g/mol. The van der Waals surface area contributed by atoms with Crippen LogP contribution in [0.15, 0.2) is 48.0 Å². The Bertz CT molecular complexity index is 722. The van der Waals surface area contributed by atoms with Crippen LogP contribution in [0.4, 0.5) is 10.9 Å². The third kappa shape index (κ3) is 2.81. The molecule has 1 aromatic carbocycles. The van der Waals surface area contributed by atoms with E-state index in [4.69, 9.17) is 11.6 Å². The van der Waals surface area contributed by atoms with Gasteiger partial charge in [0, 0.05) is 22.2 Å². The Morgan fingerprint density at radius 3 is 2.70 bits per heavy atom. The molecule has 0 atom stereocenters. The van der Waals surface area contributed by atoms with Gasteiger partial charge in [-0.2, -0.15) is 0 Å². The van der Waals surface area contributed by atoms with E-state index in [0.717, 1.165) is 32.8 Å². The van der Waals surface area contributed by atoms with Crippen LogP contribution in [0.1, 0.15) is 5.56 Å². The van der Waals surface area contributed by atoms with E-state index in [1.54, 1.807) is 17.5 Å². The molecule has 0 aliphatic heterocycles. The van der Waals surface area contributed by atoms with E-state index in [2.05, 4.69) is 15.3 Å². The molecule has 2 aromatic heterocycles. The summed E-state index contributed by atoms with van der Waals surface area (Å²) in [4.78, 5) is 8.88. The first-order valence-electron chi connectivity index (χ1n) is 6.12. The second kappa shape index (κ2) is 5.61. The van der Waals surface area contributed by atoms with Crippen molar-refractivity contribution < 1.29 is 0 Å². The number of benzene rings is 1. The fourth-order valence-electron chi connectivity index (χ4n) is 1.80. The van der Waals surface area contributed by atoms with Crippen LogP contribution in [-0.4, -0.2) is 9.97 Å². The van der Waals surface area contributed by atoms with E-state index >= 15 is 0 Å². The second-order valence-electron chi connectivity index (χ2n) is 4.34. The number of halogens is 1. The smallest absolute Gasteiger partial charge is 0.188 e. The van der Waals surface area contributed by atoms with Gasteiger partial charge in [-0.3, -0.25) is 0 Å². The van der Waals surface area contributed by atoms with E-state index in [0.29, 0.717) is 0 Å². The summed E-state index contributed by atoms with van der Waals surface area (Å²) in [6.45, 7) is 2.02. The average molecular weight is 302 g/mol. The molecule has 0 saturated carbocycles. The van der Waals surface area contributed by atoms with Gasteiger partial charge in [-0.15, -0.1) is 11.3 Å². The van der Waals surface area contributed by atoms with Gasteiger partial charge in [0.05, 0.1) is 5.69 Å². The molecule has 0 unspecified atom stereocenters. The van der Waals surface area contributed by atoms with Gasteiger partial charge >= 0.3 is 0 Å². The molecule has 0 bridgehead atoms. The molecule has 0 aliphatic rings. The van der Waals surface area contributed by atoms with Crippen LogP contribution in [0.2, 0.25) is 5.02 Å². The number of nitrogens with zero attached hydrogens (tertiary/aromatic N) is 2. The van der Waals surface area contributed by atoms with Crippen LogP contribution in [0.3, 0.4) is 0 Å². The number of hydrogen-bond acceptors (Lipinski definition) is 4. The number of thiazole rings is 1. The molecule has 0 saturated heterocycles. The SMILES string of the molecule is Cc1cccnc1Nc1nc(-c2ccc(Cl)cc2)cs1. The minimum atomic E-state index is 0.728. The molecule has 3 aromatic rings. The van der Waals surface area contributed by atoms with Gasteiger partial charge in [-0.25, -0.2) is 9.97 Å². The Morgan fingerprint density at radius 2 is 1.95 bits per heavy atom. The lowest BCUT2D eigenvalue weighted by atomic mass is 10.2. The summed E-state index contributed by atoms with van der Waals surface area (Å²) < 4.78 is 0. The molecule has 20 heavy (non-hydrogen) atoms. The summed E-state index contributed by atoms with van der Waals surface area (Å²) >= 11 is 7.45. The van der Waals surface area contributed by atoms with Crippen molar-refractivity contribution in [3.05, 3.63) is 58.6 Å². The maximum Gasteiger partial charge on any atom is 0.188 e. The Balaban J connectivity index is 1.84. The lowest BCUT2D eigenvalue weighted by Crippen LogP contribution is -1.95. The fourth-order valence-corrected chi connectivity index (χ4v) is 2.65. The molecule has 1 N–H and O–H groups in total. The van der Waals surface area contributed by atoms with Crippen LogP contribution < -0.4 is 5.32 Å². The summed E-state index contributed by atoms with van der Waals surface area (Å²) in [5.41, 5.74) is 3.08. The normalized spacial score (nSPS) is 10.5. The number of aromatic nitrogens is 2. The minimum Gasteiger partial charge on any atom is -0.316 e. The number of rotatable bonds is 3. The van der Waals surface area contributed by atoms with E-state index < -0.39 is 0 Å². The Labute approximate surface area is 126 Å². The Morgan fingerprint density at radius 1 is 1.15 bits per heavy atom. The summed E-state index contributed by atoms with van der Waals surface area (Å²) in [7, 11) is 0. The molecule has 0 radical (unpaired) electrons. The second-order valence-corrected chi connectivity index (χ2v) is 5.63. The molecule has 0 fully saturated rings. The monoisotopic (exact) mass is 301 g/mol. The van der Waals surface area contributed by atoms with E-state index in [1.165, 1.54) is 0 Å². The first kappa shape index (κ1) is 13.1. The molecule has 5 heteroatoms. The van der Waals surface area contributed by atoms with Gasteiger partial charge in [0.2, 0.25) is 0 Å². The van der Waals surface area contributed by atoms with Crippen molar-refractivity contribution in [3.63, 3.8) is 0 Å². The number of nitrogens with one attached hydrogen (secondary N) is 1. The summed E-state index contributed by atoms with van der Waals surface area (Å²) in [5.74, 6) is 0.838. The van der Waals surface area contributed by atoms with Crippen LogP contribution in [0.25, 0.3) is 11.3 Å². The highest BCUT2D eigenvalue weighted by Crippen LogP contribution is 2.28. The highest BCUT2D eigenvalue weighted by molar-refractivity contribution is 7.14. The molecular formula is C15H12ClN3S. The third-order valence-electron chi connectivity index (χ3n) is 2.88. The number of pyridine rings is 1. The fraction of sp³-hybridized carbons (Fsp3) is 0.0667.